The van der Waals surface area contributed by atoms with Crippen molar-refractivity contribution in [2.24, 2.45) is 44.6 Å². The molecular formula is C37H67N15O11. The minimum absolute atomic E-state index is 0.0283. The van der Waals surface area contributed by atoms with Crippen molar-refractivity contribution in [1.82, 2.24) is 42.1 Å². The average molecular weight is 898 g/mol. The van der Waals surface area contributed by atoms with Crippen molar-refractivity contribution in [3.8, 4) is 0 Å². The Morgan fingerprint density at radius 1 is 0.651 bits per heavy atom. The summed E-state index contributed by atoms with van der Waals surface area (Å²) in [5, 5.41) is 36.4. The van der Waals surface area contributed by atoms with Crippen molar-refractivity contribution in [3.05, 3.63) is 0 Å². The van der Waals surface area contributed by atoms with Gasteiger partial charge < -0.3 is 81.0 Å². The van der Waals surface area contributed by atoms with Crippen molar-refractivity contribution >= 4 is 65.1 Å². The summed E-state index contributed by atoms with van der Waals surface area (Å²) in [7, 11) is 0. The zero-order valence-electron chi connectivity index (χ0n) is 36.6. The lowest BCUT2D eigenvalue weighted by Gasteiger charge is -2.30. The number of carbonyl (C=O) groups is 9. The molecule has 1 heterocycles. The minimum atomic E-state index is -1.62. The summed E-state index contributed by atoms with van der Waals surface area (Å²) in [6, 6.07) is -9.64. The number of likely N-dealkylation sites (tertiary alicyclic amines) is 1. The molecule has 0 saturated carbocycles. The first kappa shape index (κ1) is 54.7. The quantitative estimate of drug-likeness (QED) is 0.0218. The second-order valence-electron chi connectivity index (χ2n) is 15.5. The molecule has 0 aromatic rings. The molecule has 1 aliphatic heterocycles. The number of carbonyl (C=O) groups excluding carboxylic acids is 8. The Bertz CT molecular complexity index is 1680. The van der Waals surface area contributed by atoms with Crippen LogP contribution in [-0.4, -0.2) is 161 Å². The van der Waals surface area contributed by atoms with Crippen LogP contribution in [0.25, 0.3) is 0 Å². The van der Waals surface area contributed by atoms with E-state index >= 15 is 0 Å². The largest absolute Gasteiger partial charge is 0.480 e. The van der Waals surface area contributed by atoms with E-state index in [1.54, 1.807) is 13.8 Å². The second kappa shape index (κ2) is 26.9. The number of nitrogens with zero attached hydrogens (tertiary/aromatic N) is 3. The third kappa shape index (κ3) is 19.5. The van der Waals surface area contributed by atoms with Crippen LogP contribution < -0.4 is 65.9 Å². The lowest BCUT2D eigenvalue weighted by atomic mass is 10.0. The normalized spacial score (nSPS) is 17.2. The molecule has 63 heavy (non-hydrogen) atoms. The molecule has 0 radical (unpaired) electrons. The summed E-state index contributed by atoms with van der Waals surface area (Å²) >= 11 is 0. The van der Waals surface area contributed by atoms with E-state index in [4.69, 9.17) is 33.8 Å². The lowest BCUT2D eigenvalue weighted by Crippen LogP contribution is -2.61. The Balaban J connectivity index is 3.31. The van der Waals surface area contributed by atoms with E-state index in [0.29, 0.717) is 6.42 Å². The van der Waals surface area contributed by atoms with Crippen LogP contribution in [0.4, 0.5) is 0 Å². The molecule has 19 N–H and O–H groups in total. The third-order valence-corrected chi connectivity index (χ3v) is 9.61. The fourth-order valence-electron chi connectivity index (χ4n) is 6.16. The Morgan fingerprint density at radius 2 is 1.16 bits per heavy atom. The average Bonchev–Trinajstić information content (AvgIpc) is 3.69. The Hall–Kier alpha value is -6.31. The van der Waals surface area contributed by atoms with Gasteiger partial charge >= 0.3 is 5.97 Å². The van der Waals surface area contributed by atoms with Gasteiger partial charge in [0, 0.05) is 19.6 Å². The number of hydrogen-bond acceptors (Lipinski definition) is 13. The van der Waals surface area contributed by atoms with E-state index in [1.807, 2.05) is 0 Å². The van der Waals surface area contributed by atoms with Gasteiger partial charge in [-0.25, -0.2) is 0 Å². The molecular weight excluding hydrogens is 831 g/mol. The number of amides is 8. The molecule has 8 amide bonds. The second-order valence-corrected chi connectivity index (χ2v) is 15.5. The first-order valence-electron chi connectivity index (χ1n) is 20.5. The van der Waals surface area contributed by atoms with Gasteiger partial charge in [0.05, 0.1) is 12.1 Å². The summed E-state index contributed by atoms with van der Waals surface area (Å²) in [5.74, 6) is -8.52. The van der Waals surface area contributed by atoms with E-state index in [2.05, 4.69) is 47.2 Å². The highest BCUT2D eigenvalue weighted by Crippen LogP contribution is 2.19. The maximum absolute atomic E-state index is 14.0. The van der Waals surface area contributed by atoms with Crippen LogP contribution >= 0.6 is 0 Å². The topological polar surface area (TPSA) is 436 Å². The first-order valence-corrected chi connectivity index (χ1v) is 20.5. The van der Waals surface area contributed by atoms with Crippen LogP contribution in [0.15, 0.2) is 9.98 Å². The van der Waals surface area contributed by atoms with Gasteiger partial charge in [0.15, 0.2) is 11.9 Å². The number of nitrogens with two attached hydrogens (primary N) is 5. The van der Waals surface area contributed by atoms with Crippen molar-refractivity contribution in [3.63, 3.8) is 0 Å². The maximum atomic E-state index is 14.0. The highest BCUT2D eigenvalue weighted by molar-refractivity contribution is 5.98. The molecule has 1 aliphatic rings. The molecule has 0 spiro atoms. The number of guanidine groups is 2. The van der Waals surface area contributed by atoms with E-state index in [9.17, 15) is 48.3 Å². The summed E-state index contributed by atoms with van der Waals surface area (Å²) < 4.78 is 0. The van der Waals surface area contributed by atoms with Gasteiger partial charge in [-0.15, -0.1) is 0 Å². The van der Waals surface area contributed by atoms with Crippen molar-refractivity contribution in [1.29, 1.82) is 0 Å². The number of aliphatic hydroxyl groups excluding tert-OH is 1. The first-order chi connectivity index (χ1) is 29.4. The number of aliphatic carboxylic acids is 1. The zero-order valence-corrected chi connectivity index (χ0v) is 36.6. The molecule has 1 fully saturated rings. The number of hydrogen-bond donors (Lipinski definition) is 14. The molecule has 9 atom stereocenters. The Labute approximate surface area is 365 Å². The molecule has 0 aromatic heterocycles. The van der Waals surface area contributed by atoms with Crippen LogP contribution in [0, 0.1) is 5.92 Å². The summed E-state index contributed by atoms with van der Waals surface area (Å²) in [6.45, 7) is 8.17. The monoisotopic (exact) mass is 898 g/mol. The minimum Gasteiger partial charge on any atom is -0.480 e. The predicted molar refractivity (Wildman–Crippen MR) is 228 cm³/mol. The molecule has 1 saturated heterocycles. The van der Waals surface area contributed by atoms with Crippen LogP contribution in [0.3, 0.4) is 0 Å². The third-order valence-electron chi connectivity index (χ3n) is 9.61. The molecule has 26 heteroatoms. The van der Waals surface area contributed by atoms with Crippen molar-refractivity contribution in [2.45, 2.75) is 135 Å². The molecule has 0 bridgehead atoms. The van der Waals surface area contributed by atoms with Crippen molar-refractivity contribution in [2.75, 3.05) is 26.2 Å². The fraction of sp³-hybridized carbons (Fsp3) is 0.703. The highest BCUT2D eigenvalue weighted by Gasteiger charge is 2.39. The van der Waals surface area contributed by atoms with Gasteiger partial charge in [0.2, 0.25) is 47.3 Å². The van der Waals surface area contributed by atoms with E-state index in [0.717, 1.165) is 0 Å². The van der Waals surface area contributed by atoms with Crippen LogP contribution in [0.1, 0.15) is 80.1 Å². The van der Waals surface area contributed by atoms with Gasteiger partial charge in [-0.1, -0.05) is 13.8 Å². The van der Waals surface area contributed by atoms with Gasteiger partial charge in [-0.3, -0.25) is 53.1 Å². The van der Waals surface area contributed by atoms with Gasteiger partial charge in [-0.2, -0.15) is 0 Å². The zero-order chi connectivity index (χ0) is 48.1. The van der Waals surface area contributed by atoms with E-state index in [1.165, 1.54) is 32.6 Å². The molecule has 9 unspecified atom stereocenters. The summed E-state index contributed by atoms with van der Waals surface area (Å²) in [4.78, 5) is 126. The fourth-order valence-corrected chi connectivity index (χ4v) is 6.16. The van der Waals surface area contributed by atoms with Gasteiger partial charge in [-0.05, 0) is 72.1 Å². The Morgan fingerprint density at radius 3 is 1.63 bits per heavy atom. The molecule has 0 aromatic carbocycles. The number of carboxylic acid groups (broad SMARTS) is 1. The molecule has 26 nitrogen and oxygen atoms in total. The Kier molecular flexibility index (Phi) is 23.4. The molecule has 1 rings (SSSR count). The number of aliphatic hydroxyl groups is 1. The van der Waals surface area contributed by atoms with Gasteiger partial charge in [0.1, 0.15) is 48.8 Å². The predicted octanol–water partition coefficient (Wildman–Crippen LogP) is -6.38. The SMILES string of the molecule is CC(N)C(=O)NC(C)C(=O)NC(C)C(=O)N1CCCC1C(=O)NC(CCCN=C(N)N)C(=O)NC(C(=O)NC(CCCN=C(N)N)C(=O)NC(C(=O)NCC(=O)O)C(C)O)C(C)C. The number of rotatable bonds is 26. The lowest BCUT2D eigenvalue weighted by molar-refractivity contribution is -0.142. The highest BCUT2D eigenvalue weighted by atomic mass is 16.4. The number of carboxylic acids is 1. The van der Waals surface area contributed by atoms with Crippen molar-refractivity contribution < 1.29 is 53.4 Å². The summed E-state index contributed by atoms with van der Waals surface area (Å²) in [6.07, 6.45) is -0.639. The standard InChI is InChI=1S/C37H67N15O11/c1-17(2)26(34(62)49-23(11-8-14-44-37(41)42)31(59)51-27(21(6)53)33(61)45-16-25(54)55)50-30(58)22(10-7-13-43-36(39)40)48-32(60)24-12-9-15-52(24)35(63)20(5)47-29(57)19(4)46-28(56)18(3)38/h17-24,26-27,53H,7-16,38H2,1-6H3,(H,45,61)(H,46,56)(H,47,57)(H,48,60)(H,49,62)(H,50,58)(H,51,59)(H,54,55)(H4,39,40,43)(H4,41,42,44). The maximum Gasteiger partial charge on any atom is 0.322 e. The van der Waals surface area contributed by atoms with Crippen LogP contribution in [-0.2, 0) is 43.2 Å². The number of nitrogens with one attached hydrogen (secondary N) is 7. The van der Waals surface area contributed by atoms with E-state index < -0.39 is 120 Å². The van der Waals surface area contributed by atoms with Crippen LogP contribution in [0.5, 0.6) is 0 Å². The van der Waals surface area contributed by atoms with E-state index in [-0.39, 0.29) is 63.7 Å². The van der Waals surface area contributed by atoms with Gasteiger partial charge in [0.25, 0.3) is 0 Å². The molecule has 0 aliphatic carbocycles. The number of aliphatic imine (C=N–C) groups is 2. The molecule has 356 valence electrons. The summed E-state index contributed by atoms with van der Waals surface area (Å²) in [5.41, 5.74) is 27.3. The van der Waals surface area contributed by atoms with Crippen LogP contribution in [0.2, 0.25) is 0 Å². The smallest absolute Gasteiger partial charge is 0.322 e.